The number of carbonyl (C=O) groups excluding carboxylic acids is 1. The molecule has 0 radical (unpaired) electrons. The van der Waals surface area contributed by atoms with E-state index in [1.807, 2.05) is 25.2 Å². The average Bonchev–Trinajstić information content (AvgIpc) is 2.36. The molecule has 1 rings (SSSR count). The zero-order valence-electron chi connectivity index (χ0n) is 10.6. The van der Waals surface area contributed by atoms with Crippen LogP contribution in [0, 0.1) is 0 Å². The normalized spacial score (nSPS) is 9.61. The smallest absolute Gasteiger partial charge is 0.220 e. The maximum atomic E-state index is 11.4. The molecule has 0 spiro atoms. The summed E-state index contributed by atoms with van der Waals surface area (Å²) in [6.45, 7) is 1.63. The van der Waals surface area contributed by atoms with Crippen molar-refractivity contribution < 1.29 is 4.79 Å². The summed E-state index contributed by atoms with van der Waals surface area (Å²) in [6, 6.07) is 10.2. The van der Waals surface area contributed by atoms with Crippen LogP contribution in [0.3, 0.4) is 0 Å². The van der Waals surface area contributed by atoms with Crippen LogP contribution in [0.4, 0.5) is 0 Å². The summed E-state index contributed by atoms with van der Waals surface area (Å²) in [4.78, 5) is 12.6. The van der Waals surface area contributed by atoms with Gasteiger partial charge >= 0.3 is 0 Å². The Bertz CT molecular complexity index is 322. The van der Waals surface area contributed by atoms with Crippen LogP contribution in [0.15, 0.2) is 35.2 Å². The van der Waals surface area contributed by atoms with Crippen LogP contribution >= 0.6 is 24.2 Å². The van der Waals surface area contributed by atoms with Crippen LogP contribution in [0.1, 0.15) is 12.8 Å². The maximum Gasteiger partial charge on any atom is 0.220 e. The lowest BCUT2D eigenvalue weighted by Crippen LogP contribution is -2.26. The topological polar surface area (TPSA) is 41.1 Å². The van der Waals surface area contributed by atoms with E-state index in [1.54, 1.807) is 11.8 Å². The molecule has 0 saturated carbocycles. The second-order valence-corrected chi connectivity index (χ2v) is 4.89. The second kappa shape index (κ2) is 11.4. The van der Waals surface area contributed by atoms with Crippen LogP contribution in [0.2, 0.25) is 0 Å². The molecule has 0 heterocycles. The van der Waals surface area contributed by atoms with Gasteiger partial charge in [-0.1, -0.05) is 18.2 Å². The largest absolute Gasteiger partial charge is 0.355 e. The Balaban J connectivity index is 0.00000289. The van der Waals surface area contributed by atoms with Crippen molar-refractivity contribution in [2.24, 2.45) is 0 Å². The van der Waals surface area contributed by atoms with E-state index in [1.165, 1.54) is 4.90 Å². The van der Waals surface area contributed by atoms with E-state index in [0.717, 1.165) is 25.3 Å². The summed E-state index contributed by atoms with van der Waals surface area (Å²) in [6.07, 6.45) is 1.50. The van der Waals surface area contributed by atoms with Gasteiger partial charge in [0.25, 0.3) is 0 Å². The molecule has 0 aliphatic heterocycles. The summed E-state index contributed by atoms with van der Waals surface area (Å²) in [5.74, 6) is 1.07. The molecular formula is C13H21ClN2OS. The fourth-order valence-electron chi connectivity index (χ4n) is 1.39. The predicted octanol–water partition coefficient (Wildman–Crippen LogP) is 2.32. The SMILES string of the molecule is CNCCCC(=O)NCCSc1ccccc1.Cl. The molecule has 5 heteroatoms. The molecule has 3 nitrogen and oxygen atoms in total. The third-order valence-electron chi connectivity index (χ3n) is 2.27. The zero-order chi connectivity index (χ0) is 12.3. The van der Waals surface area contributed by atoms with E-state index in [4.69, 9.17) is 0 Å². The number of hydrogen-bond donors (Lipinski definition) is 2. The highest BCUT2D eigenvalue weighted by Crippen LogP contribution is 2.15. The average molecular weight is 289 g/mol. The Morgan fingerprint density at radius 2 is 1.94 bits per heavy atom. The quantitative estimate of drug-likeness (QED) is 0.570. The lowest BCUT2D eigenvalue weighted by Gasteiger charge is -2.05. The maximum absolute atomic E-state index is 11.4. The van der Waals surface area contributed by atoms with Gasteiger partial charge in [-0.3, -0.25) is 4.79 Å². The third-order valence-corrected chi connectivity index (χ3v) is 3.28. The van der Waals surface area contributed by atoms with Crippen molar-refractivity contribution >= 4 is 30.1 Å². The van der Waals surface area contributed by atoms with Crippen LogP contribution in [0.25, 0.3) is 0 Å². The van der Waals surface area contributed by atoms with Gasteiger partial charge in [-0.05, 0) is 32.1 Å². The minimum Gasteiger partial charge on any atom is -0.355 e. The molecule has 0 fully saturated rings. The van der Waals surface area contributed by atoms with E-state index in [0.29, 0.717) is 6.42 Å². The van der Waals surface area contributed by atoms with E-state index in [-0.39, 0.29) is 18.3 Å². The van der Waals surface area contributed by atoms with Gasteiger partial charge in [0.1, 0.15) is 0 Å². The highest BCUT2D eigenvalue weighted by molar-refractivity contribution is 7.99. The summed E-state index contributed by atoms with van der Waals surface area (Å²) in [5, 5.41) is 5.95. The number of nitrogens with one attached hydrogen (secondary N) is 2. The molecule has 0 unspecified atom stereocenters. The van der Waals surface area contributed by atoms with Gasteiger partial charge in [0.05, 0.1) is 0 Å². The molecule has 102 valence electrons. The van der Waals surface area contributed by atoms with Gasteiger partial charge < -0.3 is 10.6 Å². The minimum atomic E-state index is 0. The molecule has 0 atom stereocenters. The van der Waals surface area contributed by atoms with Gasteiger partial charge in [0.2, 0.25) is 5.91 Å². The molecule has 0 aromatic heterocycles. The van der Waals surface area contributed by atoms with Gasteiger partial charge in [0, 0.05) is 23.6 Å². The highest BCUT2D eigenvalue weighted by Gasteiger charge is 1.99. The fourth-order valence-corrected chi connectivity index (χ4v) is 2.18. The Hall–Kier alpha value is -0.710. The van der Waals surface area contributed by atoms with Crippen LogP contribution in [0.5, 0.6) is 0 Å². The molecule has 2 N–H and O–H groups in total. The summed E-state index contributed by atoms with van der Waals surface area (Å²) in [7, 11) is 1.90. The van der Waals surface area contributed by atoms with Crippen LogP contribution in [-0.4, -0.2) is 31.8 Å². The van der Waals surface area contributed by atoms with Gasteiger partial charge in [-0.25, -0.2) is 0 Å². The molecule has 0 bridgehead atoms. The van der Waals surface area contributed by atoms with Crippen molar-refractivity contribution in [1.29, 1.82) is 0 Å². The van der Waals surface area contributed by atoms with Crippen molar-refractivity contribution in [3.05, 3.63) is 30.3 Å². The van der Waals surface area contributed by atoms with E-state index < -0.39 is 0 Å². The second-order valence-electron chi connectivity index (χ2n) is 3.72. The summed E-state index contributed by atoms with van der Waals surface area (Å²) in [5.41, 5.74) is 0. The highest BCUT2D eigenvalue weighted by atomic mass is 35.5. The number of rotatable bonds is 8. The predicted molar refractivity (Wildman–Crippen MR) is 80.6 cm³/mol. The first-order chi connectivity index (χ1) is 8.33. The summed E-state index contributed by atoms with van der Waals surface area (Å²) >= 11 is 1.76. The molecular weight excluding hydrogens is 268 g/mol. The molecule has 1 aromatic rings. The van der Waals surface area contributed by atoms with Crippen molar-refractivity contribution in [2.45, 2.75) is 17.7 Å². The standard InChI is InChI=1S/C13H20N2OS.ClH/c1-14-9-5-8-13(16)15-10-11-17-12-6-3-2-4-7-12;/h2-4,6-7,14H,5,8-11H2,1H3,(H,15,16);1H. The van der Waals surface area contributed by atoms with Crippen molar-refractivity contribution in [2.75, 3.05) is 25.9 Å². The van der Waals surface area contributed by atoms with Crippen LogP contribution in [-0.2, 0) is 4.79 Å². The Labute approximate surface area is 120 Å². The fraction of sp³-hybridized carbons (Fsp3) is 0.462. The van der Waals surface area contributed by atoms with E-state index >= 15 is 0 Å². The molecule has 0 aliphatic carbocycles. The van der Waals surface area contributed by atoms with Gasteiger partial charge in [-0.2, -0.15) is 0 Å². The van der Waals surface area contributed by atoms with Crippen molar-refractivity contribution in [3.63, 3.8) is 0 Å². The Kier molecular flexibility index (Phi) is 10.9. The molecule has 0 aliphatic rings. The molecule has 18 heavy (non-hydrogen) atoms. The number of carbonyl (C=O) groups is 1. The number of benzene rings is 1. The first kappa shape index (κ1) is 17.3. The molecule has 1 amide bonds. The first-order valence-electron chi connectivity index (χ1n) is 5.92. The molecule has 1 aromatic carbocycles. The number of hydrogen-bond acceptors (Lipinski definition) is 3. The lowest BCUT2D eigenvalue weighted by molar-refractivity contribution is -0.121. The van der Waals surface area contributed by atoms with Crippen molar-refractivity contribution in [1.82, 2.24) is 10.6 Å². The number of halogens is 1. The Morgan fingerprint density at radius 3 is 2.61 bits per heavy atom. The lowest BCUT2D eigenvalue weighted by atomic mass is 10.3. The number of thioether (sulfide) groups is 1. The first-order valence-corrected chi connectivity index (χ1v) is 6.90. The molecule has 0 saturated heterocycles. The van der Waals surface area contributed by atoms with Crippen molar-refractivity contribution in [3.8, 4) is 0 Å². The minimum absolute atomic E-state index is 0. The van der Waals surface area contributed by atoms with Gasteiger partial charge in [-0.15, -0.1) is 24.2 Å². The number of amides is 1. The Morgan fingerprint density at radius 1 is 1.22 bits per heavy atom. The third kappa shape index (κ3) is 8.39. The van der Waals surface area contributed by atoms with Crippen LogP contribution < -0.4 is 10.6 Å². The monoisotopic (exact) mass is 288 g/mol. The van der Waals surface area contributed by atoms with E-state index in [2.05, 4.69) is 22.8 Å². The zero-order valence-corrected chi connectivity index (χ0v) is 12.3. The van der Waals surface area contributed by atoms with E-state index in [9.17, 15) is 4.79 Å². The van der Waals surface area contributed by atoms with Gasteiger partial charge in [0.15, 0.2) is 0 Å². The summed E-state index contributed by atoms with van der Waals surface area (Å²) < 4.78 is 0.